The summed E-state index contributed by atoms with van der Waals surface area (Å²) < 4.78 is 1.67. The maximum absolute atomic E-state index is 13.7. The number of thiophene rings is 1. The maximum atomic E-state index is 13.7. The molecule has 0 aromatic carbocycles. The molecule has 3 aromatic heterocycles. The fourth-order valence-corrected chi connectivity index (χ4v) is 9.39. The molecule has 38 heavy (non-hydrogen) atoms. The van der Waals surface area contributed by atoms with Gasteiger partial charge in [-0.25, -0.2) is 9.97 Å². The summed E-state index contributed by atoms with van der Waals surface area (Å²) in [5.41, 5.74) is 2.59. The van der Waals surface area contributed by atoms with Gasteiger partial charge in [0.2, 0.25) is 5.91 Å². The highest BCUT2D eigenvalue weighted by Crippen LogP contribution is 2.76. The first-order valence-electron chi connectivity index (χ1n) is 13.8. The van der Waals surface area contributed by atoms with Gasteiger partial charge in [-0.3, -0.25) is 19.0 Å². The number of anilines is 2. The molecule has 9 nitrogen and oxygen atoms in total. The van der Waals surface area contributed by atoms with Gasteiger partial charge in [0.15, 0.2) is 0 Å². The second-order valence-corrected chi connectivity index (χ2v) is 13.5. The lowest BCUT2D eigenvalue weighted by Crippen LogP contribution is -2.52. The van der Waals surface area contributed by atoms with Gasteiger partial charge in [0.05, 0.1) is 5.39 Å². The molecule has 2 amide bonds. The molecule has 3 aromatic rings. The Morgan fingerprint density at radius 2 is 2.11 bits per heavy atom. The van der Waals surface area contributed by atoms with Gasteiger partial charge < -0.3 is 15.5 Å². The number of aryl methyl sites for hydroxylation is 2. The second kappa shape index (κ2) is 6.83. The summed E-state index contributed by atoms with van der Waals surface area (Å²) >= 11 is 1.65. The molecule has 2 aliphatic heterocycles. The third kappa shape index (κ3) is 2.59. The van der Waals surface area contributed by atoms with Crippen LogP contribution in [0, 0.1) is 24.2 Å². The van der Waals surface area contributed by atoms with Crippen molar-refractivity contribution in [2.24, 2.45) is 17.3 Å². The molecule has 0 bridgehead atoms. The first-order chi connectivity index (χ1) is 18.4. The van der Waals surface area contributed by atoms with Crippen molar-refractivity contribution >= 4 is 44.9 Å². The minimum absolute atomic E-state index is 0.0442. The summed E-state index contributed by atoms with van der Waals surface area (Å²) in [5.74, 6) is 1.61. The molecule has 0 radical (unpaired) electrons. The van der Waals surface area contributed by atoms with Crippen molar-refractivity contribution < 1.29 is 9.59 Å². The maximum Gasteiger partial charge on any atom is 0.276 e. The van der Waals surface area contributed by atoms with Crippen LogP contribution >= 0.6 is 11.3 Å². The first-order valence-corrected chi connectivity index (χ1v) is 14.6. The number of aromatic nitrogens is 3. The highest BCUT2D eigenvalue weighted by Gasteiger charge is 2.77. The van der Waals surface area contributed by atoms with Crippen molar-refractivity contribution in [1.82, 2.24) is 24.8 Å². The van der Waals surface area contributed by atoms with Gasteiger partial charge in [0.25, 0.3) is 11.5 Å². The Balaban J connectivity index is 1.06. The number of piperidine rings is 2. The van der Waals surface area contributed by atoms with Crippen molar-refractivity contribution in [2.75, 3.05) is 11.9 Å². The number of rotatable bonds is 3. The van der Waals surface area contributed by atoms with E-state index in [0.29, 0.717) is 34.6 Å². The van der Waals surface area contributed by atoms with Crippen LogP contribution in [-0.4, -0.2) is 43.8 Å². The first kappa shape index (κ1) is 21.6. The zero-order valence-electron chi connectivity index (χ0n) is 21.2. The summed E-state index contributed by atoms with van der Waals surface area (Å²) in [4.78, 5) is 53.2. The van der Waals surface area contributed by atoms with E-state index in [4.69, 9.17) is 0 Å². The fraction of sp³-hybridized carbons (Fsp3) is 0.536. The summed E-state index contributed by atoms with van der Waals surface area (Å²) in [6, 6.07) is 2.28. The second-order valence-electron chi connectivity index (χ2n) is 12.4. The average Bonchev–Trinajstić information content (AvgIpc) is 3.65. The van der Waals surface area contributed by atoms with Gasteiger partial charge in [-0.1, -0.05) is 0 Å². The van der Waals surface area contributed by atoms with Gasteiger partial charge in [0, 0.05) is 23.4 Å². The molecule has 194 valence electrons. The number of fused-ring (bicyclic) bond motifs is 5. The number of nitrogens with zero attached hydrogens (tertiary/aromatic N) is 4. The molecule has 4 atom stereocenters. The van der Waals surface area contributed by atoms with E-state index in [1.165, 1.54) is 29.6 Å². The molecule has 5 heterocycles. The van der Waals surface area contributed by atoms with E-state index >= 15 is 0 Å². The third-order valence-electron chi connectivity index (χ3n) is 10.4. The fourth-order valence-electron chi connectivity index (χ4n) is 8.12. The Morgan fingerprint density at radius 3 is 2.84 bits per heavy atom. The number of amides is 2. The van der Waals surface area contributed by atoms with E-state index in [1.54, 1.807) is 22.0 Å². The molecule has 1 unspecified atom stereocenters. The van der Waals surface area contributed by atoms with E-state index in [9.17, 15) is 14.4 Å². The number of nitrogens with one attached hydrogen (secondary N) is 2. The molecule has 4 fully saturated rings. The normalized spacial score (nSPS) is 30.8. The van der Waals surface area contributed by atoms with Crippen molar-refractivity contribution in [3.63, 3.8) is 0 Å². The monoisotopic (exact) mass is 528 g/mol. The Hall–Kier alpha value is -3.27. The van der Waals surface area contributed by atoms with Gasteiger partial charge in [-0.15, -0.1) is 11.3 Å². The van der Waals surface area contributed by atoms with Crippen molar-refractivity contribution in [1.29, 1.82) is 0 Å². The predicted molar refractivity (Wildman–Crippen MR) is 142 cm³/mol. The van der Waals surface area contributed by atoms with Crippen molar-refractivity contribution in [3.8, 4) is 0 Å². The van der Waals surface area contributed by atoms with E-state index in [-0.39, 0.29) is 17.4 Å². The lowest BCUT2D eigenvalue weighted by atomic mass is 9.85. The molecule has 10 heteroatoms. The number of carbonyl (C=O) groups is 2. The zero-order chi connectivity index (χ0) is 25.6. The Bertz CT molecular complexity index is 1690. The Kier molecular flexibility index (Phi) is 3.89. The van der Waals surface area contributed by atoms with E-state index in [2.05, 4.69) is 25.5 Å². The lowest BCUT2D eigenvalue weighted by molar-refractivity contribution is -0.136. The largest absolute Gasteiger partial charge is 0.339 e. The van der Waals surface area contributed by atoms with Crippen LogP contribution in [-0.2, 0) is 23.3 Å². The van der Waals surface area contributed by atoms with Gasteiger partial charge in [-0.2, -0.15) is 0 Å². The summed E-state index contributed by atoms with van der Waals surface area (Å²) in [7, 11) is 0. The summed E-state index contributed by atoms with van der Waals surface area (Å²) in [6.45, 7) is 2.84. The van der Waals surface area contributed by atoms with Crippen LogP contribution in [0.15, 0.2) is 17.2 Å². The molecule has 3 saturated carbocycles. The zero-order valence-corrected chi connectivity index (χ0v) is 22.0. The Labute approximate surface area is 222 Å². The molecule has 9 rings (SSSR count). The average molecular weight is 529 g/mol. The van der Waals surface area contributed by atoms with Crippen LogP contribution in [0.3, 0.4) is 0 Å². The van der Waals surface area contributed by atoms with Crippen LogP contribution < -0.4 is 16.2 Å². The summed E-state index contributed by atoms with van der Waals surface area (Å²) in [6.07, 6.45) is 9.02. The highest BCUT2D eigenvalue weighted by molar-refractivity contribution is 7.19. The van der Waals surface area contributed by atoms with Crippen LogP contribution in [0.4, 0.5) is 11.5 Å². The van der Waals surface area contributed by atoms with Gasteiger partial charge in [0.1, 0.15) is 34.0 Å². The SMILES string of the molecule is Cc1cc(Nc2ncnc3sc4c(c23)CC[C@H](C(=O)N2C[C@H]3CC35C[C@H]25)C4)c(=O)n2c1C(=O)NC21CCC1. The molecule has 4 aliphatic carbocycles. The van der Waals surface area contributed by atoms with E-state index in [0.717, 1.165) is 66.8 Å². The van der Waals surface area contributed by atoms with Crippen LogP contribution in [0.2, 0.25) is 0 Å². The van der Waals surface area contributed by atoms with E-state index in [1.807, 2.05) is 6.92 Å². The molecule has 6 aliphatic rings. The molecular weight excluding hydrogens is 500 g/mol. The lowest BCUT2D eigenvalue weighted by Gasteiger charge is -2.39. The third-order valence-corrected chi connectivity index (χ3v) is 11.6. The minimum Gasteiger partial charge on any atom is -0.339 e. The molecular formula is C28H28N6O3S. The van der Waals surface area contributed by atoms with Gasteiger partial charge in [-0.05, 0) is 86.8 Å². The summed E-state index contributed by atoms with van der Waals surface area (Å²) in [5, 5.41) is 7.34. The number of pyridine rings is 1. The number of hydrogen-bond donors (Lipinski definition) is 2. The van der Waals surface area contributed by atoms with Crippen LogP contribution in [0.5, 0.6) is 0 Å². The minimum atomic E-state index is -0.591. The van der Waals surface area contributed by atoms with E-state index < -0.39 is 5.66 Å². The van der Waals surface area contributed by atoms with Crippen LogP contribution in [0.25, 0.3) is 10.2 Å². The standard InChI is InChI=1S/C28H28N6O3S/c1-13-7-17(26(37)34-21(13)23(35)32-28(34)5-2-6-28)31-22-20-16-4-3-14(8-18(16)38-24(20)30-12-29-22)25(36)33-11-15-9-27(15)10-19(27)33/h7,12,14-15,19H,2-6,8-11H2,1H3,(H,32,35)(H,29,30,31)/t14-,15+,19-,27?/m0/s1. The molecule has 2 N–H and O–H groups in total. The quantitative estimate of drug-likeness (QED) is 0.540. The Morgan fingerprint density at radius 1 is 1.24 bits per heavy atom. The predicted octanol–water partition coefficient (Wildman–Crippen LogP) is 3.21. The van der Waals surface area contributed by atoms with Gasteiger partial charge >= 0.3 is 0 Å². The van der Waals surface area contributed by atoms with Crippen molar-refractivity contribution in [3.05, 3.63) is 44.4 Å². The molecule has 1 saturated heterocycles. The highest BCUT2D eigenvalue weighted by atomic mass is 32.1. The molecule has 2 spiro atoms. The number of carbonyl (C=O) groups excluding carboxylic acids is 2. The number of hydrogen-bond acceptors (Lipinski definition) is 7. The number of likely N-dealkylation sites (tertiary alicyclic amines) is 1. The smallest absolute Gasteiger partial charge is 0.276 e. The van der Waals surface area contributed by atoms with Crippen molar-refractivity contribution in [2.45, 2.75) is 70.0 Å². The topological polar surface area (TPSA) is 109 Å². The van der Waals surface area contributed by atoms with Crippen LogP contribution in [0.1, 0.15) is 65.0 Å².